The van der Waals surface area contributed by atoms with Gasteiger partial charge in [-0.05, 0) is 55.3 Å². The topological polar surface area (TPSA) is 112 Å². The van der Waals surface area contributed by atoms with E-state index in [1.54, 1.807) is 19.2 Å². The fourth-order valence-corrected chi connectivity index (χ4v) is 6.85. The van der Waals surface area contributed by atoms with Crippen LogP contribution in [0.15, 0.2) is 24.3 Å². The summed E-state index contributed by atoms with van der Waals surface area (Å²) in [6.45, 7) is 5.51. The molecule has 6 rings (SSSR count). The fourth-order valence-electron chi connectivity index (χ4n) is 6.85. The molecule has 10 nitrogen and oxygen atoms in total. The molecule has 43 heavy (non-hydrogen) atoms. The number of rotatable bonds is 8. The summed E-state index contributed by atoms with van der Waals surface area (Å²) in [5.41, 5.74) is 0.534. The smallest absolute Gasteiger partial charge is 0.320 e. The molecule has 3 saturated heterocycles. The molecule has 0 bridgehead atoms. The van der Waals surface area contributed by atoms with Gasteiger partial charge >= 0.3 is 6.01 Å². The molecule has 2 unspecified atom stereocenters. The molecule has 0 radical (unpaired) electrons. The number of carbonyl (C=O) groups is 1. The van der Waals surface area contributed by atoms with E-state index in [-0.39, 0.29) is 46.8 Å². The first-order valence-electron chi connectivity index (χ1n) is 15.0. The number of aromatic nitrogens is 2. The van der Waals surface area contributed by atoms with Crippen molar-refractivity contribution in [3.8, 4) is 11.8 Å². The summed E-state index contributed by atoms with van der Waals surface area (Å²) in [7, 11) is 1.66. The van der Waals surface area contributed by atoms with Gasteiger partial charge in [0.1, 0.15) is 35.7 Å². The first-order valence-corrected chi connectivity index (χ1v) is 15.0. The monoisotopic (exact) mass is 596 g/mol. The first-order chi connectivity index (χ1) is 20.8. The highest BCUT2D eigenvalue weighted by atomic mass is 19.1. The van der Waals surface area contributed by atoms with Crippen molar-refractivity contribution >= 4 is 34.0 Å². The number of phenolic OH excluding ortho intramolecular Hbond substituents is 1. The molecule has 2 atom stereocenters. The summed E-state index contributed by atoms with van der Waals surface area (Å²) in [6, 6.07) is 6.00. The number of amides is 1. The molecular weight excluding hydrogens is 558 g/mol. The lowest BCUT2D eigenvalue weighted by Crippen LogP contribution is -2.43. The van der Waals surface area contributed by atoms with Crippen molar-refractivity contribution in [2.45, 2.75) is 50.7 Å². The SMILES string of the molecule is CCc1c(F)ccc2cc(O)cc(NC(=O)c3c(NC)nc(OCC45CCCN4CC(F)C5)nc3N3CCCOCC3)c12. The van der Waals surface area contributed by atoms with Crippen molar-refractivity contribution in [1.29, 1.82) is 0 Å². The van der Waals surface area contributed by atoms with Crippen LogP contribution in [0.2, 0.25) is 0 Å². The minimum absolute atomic E-state index is 0.0575. The van der Waals surface area contributed by atoms with Gasteiger partial charge in [-0.2, -0.15) is 9.97 Å². The number of nitrogens with one attached hydrogen (secondary N) is 2. The molecule has 1 aromatic heterocycles. The van der Waals surface area contributed by atoms with Gasteiger partial charge in [-0.25, -0.2) is 8.78 Å². The minimum Gasteiger partial charge on any atom is -0.508 e. The number of benzene rings is 2. The van der Waals surface area contributed by atoms with Gasteiger partial charge in [0.2, 0.25) is 0 Å². The van der Waals surface area contributed by atoms with Gasteiger partial charge in [0.25, 0.3) is 5.91 Å². The van der Waals surface area contributed by atoms with E-state index in [1.807, 2.05) is 11.8 Å². The third-order valence-corrected chi connectivity index (χ3v) is 8.84. The third-order valence-electron chi connectivity index (χ3n) is 8.84. The van der Waals surface area contributed by atoms with Crippen molar-refractivity contribution in [2.75, 3.05) is 68.6 Å². The molecule has 3 N–H and O–H groups in total. The molecule has 0 aliphatic carbocycles. The van der Waals surface area contributed by atoms with Crippen LogP contribution in [0.5, 0.6) is 11.8 Å². The average molecular weight is 597 g/mol. The highest BCUT2D eigenvalue weighted by Gasteiger charge is 2.49. The van der Waals surface area contributed by atoms with Crippen LogP contribution in [0.3, 0.4) is 0 Å². The van der Waals surface area contributed by atoms with Crippen LogP contribution >= 0.6 is 0 Å². The maximum atomic E-state index is 14.8. The number of carbonyl (C=O) groups excluding carboxylic acids is 1. The Morgan fingerprint density at radius 2 is 2.07 bits per heavy atom. The van der Waals surface area contributed by atoms with Crippen molar-refractivity contribution in [1.82, 2.24) is 14.9 Å². The Hall–Kier alpha value is -3.77. The van der Waals surface area contributed by atoms with Crippen LogP contribution in [0.1, 0.15) is 48.5 Å². The fraction of sp³-hybridized carbons (Fsp3) is 0.516. The van der Waals surface area contributed by atoms with E-state index < -0.39 is 12.1 Å². The summed E-state index contributed by atoms with van der Waals surface area (Å²) in [5.74, 6) is -0.337. The van der Waals surface area contributed by atoms with Gasteiger partial charge in [-0.3, -0.25) is 9.69 Å². The number of phenols is 1. The van der Waals surface area contributed by atoms with E-state index in [2.05, 4.69) is 20.5 Å². The van der Waals surface area contributed by atoms with Crippen molar-refractivity contribution in [3.63, 3.8) is 0 Å². The predicted octanol–water partition coefficient (Wildman–Crippen LogP) is 4.51. The number of alkyl halides is 1. The van der Waals surface area contributed by atoms with Crippen LogP contribution in [0, 0.1) is 5.82 Å². The number of halogens is 2. The summed E-state index contributed by atoms with van der Waals surface area (Å²) in [4.78, 5) is 27.5. The second-order valence-corrected chi connectivity index (χ2v) is 11.5. The Labute approximate surface area is 249 Å². The van der Waals surface area contributed by atoms with Crippen LogP contribution < -0.4 is 20.3 Å². The molecule has 3 aliphatic rings. The van der Waals surface area contributed by atoms with Crippen LogP contribution in [0.4, 0.5) is 26.1 Å². The maximum absolute atomic E-state index is 14.8. The number of hydrogen-bond donors (Lipinski definition) is 3. The maximum Gasteiger partial charge on any atom is 0.320 e. The van der Waals surface area contributed by atoms with Gasteiger partial charge in [0, 0.05) is 51.2 Å². The van der Waals surface area contributed by atoms with Crippen LogP contribution in [-0.4, -0.2) is 90.6 Å². The molecule has 3 fully saturated rings. The van der Waals surface area contributed by atoms with Crippen LogP contribution in [0.25, 0.3) is 10.8 Å². The molecular formula is C31H38F2N6O4. The molecule has 3 aromatic rings. The second-order valence-electron chi connectivity index (χ2n) is 11.5. The van der Waals surface area contributed by atoms with Gasteiger partial charge in [-0.15, -0.1) is 0 Å². The zero-order valence-corrected chi connectivity index (χ0v) is 24.6. The lowest BCUT2D eigenvalue weighted by atomic mass is 9.95. The van der Waals surface area contributed by atoms with Crippen molar-refractivity contribution in [3.05, 3.63) is 41.2 Å². The number of aryl methyl sites for hydroxylation is 1. The van der Waals surface area contributed by atoms with E-state index in [4.69, 9.17) is 14.5 Å². The standard InChI is InChI=1S/C31H38F2N6O4/c1-3-22-23(33)7-6-19-14-21(40)15-24(25(19)22)35-29(41)26-27(34-2)36-30(37-28(26)38-9-5-12-42-13-11-38)43-18-31-8-4-10-39(31)17-20(32)16-31/h6-7,14-15,20,40H,3-5,8-13,16-18H2,1-2H3,(H,35,41)(H,34,36,37). The van der Waals surface area contributed by atoms with Gasteiger partial charge in [-0.1, -0.05) is 13.0 Å². The number of anilines is 3. The number of hydrogen-bond acceptors (Lipinski definition) is 9. The molecule has 3 aliphatic heterocycles. The number of fused-ring (bicyclic) bond motifs is 2. The molecule has 4 heterocycles. The summed E-state index contributed by atoms with van der Waals surface area (Å²) < 4.78 is 41.0. The summed E-state index contributed by atoms with van der Waals surface area (Å²) >= 11 is 0. The highest BCUT2D eigenvalue weighted by molar-refractivity contribution is 6.14. The number of aromatic hydroxyl groups is 1. The zero-order chi connectivity index (χ0) is 30.1. The Morgan fingerprint density at radius 1 is 1.21 bits per heavy atom. The van der Waals surface area contributed by atoms with Crippen molar-refractivity contribution < 1.29 is 28.2 Å². The third kappa shape index (κ3) is 5.65. The van der Waals surface area contributed by atoms with E-state index in [0.29, 0.717) is 67.8 Å². The summed E-state index contributed by atoms with van der Waals surface area (Å²) in [5, 5.41) is 17.5. The minimum atomic E-state index is -0.883. The van der Waals surface area contributed by atoms with E-state index in [1.165, 1.54) is 12.1 Å². The number of nitrogens with zero attached hydrogens (tertiary/aromatic N) is 4. The van der Waals surface area contributed by atoms with E-state index >= 15 is 0 Å². The first kappa shape index (κ1) is 29.3. The molecule has 2 aromatic carbocycles. The Kier molecular flexibility index (Phi) is 8.23. The lowest BCUT2D eigenvalue weighted by Gasteiger charge is -2.31. The van der Waals surface area contributed by atoms with E-state index in [9.17, 15) is 18.7 Å². The Morgan fingerprint density at radius 3 is 2.88 bits per heavy atom. The Bertz CT molecular complexity index is 1520. The molecule has 0 spiro atoms. The summed E-state index contributed by atoms with van der Waals surface area (Å²) in [6.07, 6.45) is 2.51. The van der Waals surface area contributed by atoms with Crippen molar-refractivity contribution in [2.24, 2.45) is 0 Å². The largest absolute Gasteiger partial charge is 0.508 e. The van der Waals surface area contributed by atoms with E-state index in [0.717, 1.165) is 25.8 Å². The second kappa shape index (κ2) is 12.1. The number of ether oxygens (including phenoxy) is 2. The van der Waals surface area contributed by atoms with Gasteiger partial charge < -0.3 is 30.1 Å². The van der Waals surface area contributed by atoms with Gasteiger partial charge in [0.05, 0.1) is 17.8 Å². The van der Waals surface area contributed by atoms with Crippen LogP contribution in [-0.2, 0) is 11.2 Å². The average Bonchev–Trinajstić information content (AvgIpc) is 3.37. The normalized spacial score (nSPS) is 22.4. The zero-order valence-electron chi connectivity index (χ0n) is 24.6. The highest BCUT2D eigenvalue weighted by Crippen LogP contribution is 2.41. The molecule has 1 amide bonds. The molecule has 12 heteroatoms. The predicted molar refractivity (Wildman–Crippen MR) is 161 cm³/mol. The Balaban J connectivity index is 1.38. The molecule has 0 saturated carbocycles. The molecule has 230 valence electrons. The quantitative estimate of drug-likeness (QED) is 0.346. The lowest BCUT2D eigenvalue weighted by molar-refractivity contribution is 0.102. The van der Waals surface area contributed by atoms with Gasteiger partial charge in [0.15, 0.2) is 5.82 Å².